The lowest BCUT2D eigenvalue weighted by atomic mass is 10.2. The fourth-order valence-electron chi connectivity index (χ4n) is 1.95. The highest BCUT2D eigenvalue weighted by molar-refractivity contribution is 7.89. The van der Waals surface area contributed by atoms with Gasteiger partial charge in [-0.05, 0) is 36.4 Å². The lowest BCUT2D eigenvalue weighted by Crippen LogP contribution is -2.12. The molecule has 2 N–H and O–H groups in total. The Bertz CT molecular complexity index is 950. The van der Waals surface area contributed by atoms with E-state index in [0.29, 0.717) is 17.1 Å². The van der Waals surface area contributed by atoms with Gasteiger partial charge in [-0.15, -0.1) is 5.10 Å². The zero-order valence-corrected chi connectivity index (χ0v) is 11.9. The van der Waals surface area contributed by atoms with Gasteiger partial charge in [-0.1, -0.05) is 5.21 Å². The zero-order valence-electron chi connectivity index (χ0n) is 11.0. The summed E-state index contributed by atoms with van der Waals surface area (Å²) in [7, 11) is -3.77. The molecule has 0 bridgehead atoms. The molecular weight excluding hydrogens is 306 g/mol. The predicted octanol–water partition coefficient (Wildman–Crippen LogP) is 1.05. The highest BCUT2D eigenvalue weighted by Crippen LogP contribution is 2.25. The largest absolute Gasteiger partial charge is 0.463 e. The number of benzene rings is 1. The van der Waals surface area contributed by atoms with E-state index in [-0.39, 0.29) is 10.6 Å². The minimum Gasteiger partial charge on any atom is -0.463 e. The van der Waals surface area contributed by atoms with Gasteiger partial charge in [0.2, 0.25) is 10.0 Å². The van der Waals surface area contributed by atoms with Crippen molar-refractivity contribution in [1.82, 2.24) is 15.0 Å². The number of nitrogens with zero attached hydrogens (tertiary/aromatic N) is 4. The van der Waals surface area contributed by atoms with Crippen LogP contribution in [-0.4, -0.2) is 23.4 Å². The number of hydrogen-bond donors (Lipinski definition) is 1. The summed E-state index contributed by atoms with van der Waals surface area (Å²) >= 11 is 0. The second-order valence-electron chi connectivity index (χ2n) is 4.33. The van der Waals surface area contributed by atoms with Gasteiger partial charge in [0.25, 0.3) is 0 Å². The molecule has 2 heterocycles. The first-order chi connectivity index (χ1) is 10.5. The van der Waals surface area contributed by atoms with Crippen LogP contribution in [0, 0.1) is 11.3 Å². The van der Waals surface area contributed by atoms with Gasteiger partial charge >= 0.3 is 0 Å². The van der Waals surface area contributed by atoms with Crippen LogP contribution in [0.15, 0.2) is 52.0 Å². The van der Waals surface area contributed by atoms with Crippen LogP contribution in [0.4, 0.5) is 0 Å². The molecule has 22 heavy (non-hydrogen) atoms. The van der Waals surface area contributed by atoms with E-state index in [1.807, 2.05) is 6.07 Å². The molecule has 0 saturated carbocycles. The maximum atomic E-state index is 11.3. The van der Waals surface area contributed by atoms with E-state index in [9.17, 15) is 8.42 Å². The third kappa shape index (κ3) is 2.37. The van der Waals surface area contributed by atoms with Crippen LogP contribution >= 0.6 is 0 Å². The molecule has 0 aliphatic carbocycles. The van der Waals surface area contributed by atoms with E-state index < -0.39 is 10.0 Å². The lowest BCUT2D eigenvalue weighted by molar-refractivity contribution is 0.576. The van der Waals surface area contributed by atoms with Crippen LogP contribution in [0.2, 0.25) is 0 Å². The maximum Gasteiger partial charge on any atom is 0.238 e. The van der Waals surface area contributed by atoms with Crippen molar-refractivity contribution in [2.75, 3.05) is 0 Å². The van der Waals surface area contributed by atoms with Crippen molar-refractivity contribution in [3.05, 3.63) is 48.4 Å². The quantitative estimate of drug-likeness (QED) is 0.769. The number of nitriles is 1. The Kier molecular flexibility index (Phi) is 3.25. The van der Waals surface area contributed by atoms with Gasteiger partial charge in [-0.2, -0.15) is 5.26 Å². The van der Waals surface area contributed by atoms with Crippen LogP contribution < -0.4 is 5.14 Å². The molecule has 3 aromatic rings. The average Bonchev–Trinajstić information content (AvgIpc) is 3.15. The molecule has 0 radical (unpaired) electrons. The van der Waals surface area contributed by atoms with Gasteiger partial charge in [-0.3, -0.25) is 0 Å². The number of aromatic nitrogens is 3. The van der Waals surface area contributed by atoms with Crippen LogP contribution in [0.1, 0.15) is 5.69 Å². The number of nitrogens with two attached hydrogens (primary N) is 1. The number of sulfonamides is 1. The first-order valence-electron chi connectivity index (χ1n) is 6.03. The Morgan fingerprint density at radius 2 is 1.95 bits per heavy atom. The third-order valence-electron chi connectivity index (χ3n) is 2.94. The Morgan fingerprint density at radius 3 is 2.50 bits per heavy atom. The molecule has 2 aromatic heterocycles. The summed E-state index contributed by atoms with van der Waals surface area (Å²) in [4.78, 5) is -0.0172. The molecular formula is C13H9N5O3S. The summed E-state index contributed by atoms with van der Waals surface area (Å²) in [5.74, 6) is 0.428. The summed E-state index contributed by atoms with van der Waals surface area (Å²) in [5, 5.41) is 21.9. The summed E-state index contributed by atoms with van der Waals surface area (Å²) in [6.45, 7) is 0. The van der Waals surface area contributed by atoms with Crippen LogP contribution in [0.25, 0.3) is 17.1 Å². The minimum atomic E-state index is -3.77. The van der Waals surface area contributed by atoms with Crippen molar-refractivity contribution in [2.24, 2.45) is 5.14 Å². The average molecular weight is 315 g/mol. The predicted molar refractivity (Wildman–Crippen MR) is 75.1 cm³/mol. The first-order valence-corrected chi connectivity index (χ1v) is 7.58. The van der Waals surface area contributed by atoms with Gasteiger partial charge < -0.3 is 4.42 Å². The molecule has 0 unspecified atom stereocenters. The molecule has 0 fully saturated rings. The summed E-state index contributed by atoms with van der Waals surface area (Å²) in [5.41, 5.74) is 1.01. The van der Waals surface area contributed by atoms with Gasteiger partial charge in [0, 0.05) is 0 Å². The van der Waals surface area contributed by atoms with E-state index in [2.05, 4.69) is 10.3 Å². The van der Waals surface area contributed by atoms with Crippen molar-refractivity contribution in [1.29, 1.82) is 5.26 Å². The highest BCUT2D eigenvalue weighted by atomic mass is 32.2. The Balaban J connectivity index is 2.14. The van der Waals surface area contributed by atoms with Gasteiger partial charge in [-0.25, -0.2) is 18.2 Å². The third-order valence-corrected chi connectivity index (χ3v) is 3.87. The molecule has 8 nitrogen and oxygen atoms in total. The fraction of sp³-hybridized carbons (Fsp3) is 0. The normalized spacial score (nSPS) is 11.3. The van der Waals surface area contributed by atoms with Gasteiger partial charge in [0.05, 0.1) is 16.8 Å². The van der Waals surface area contributed by atoms with Gasteiger partial charge in [0.15, 0.2) is 11.5 Å². The molecule has 110 valence electrons. The van der Waals surface area contributed by atoms with Crippen molar-refractivity contribution in [3.8, 4) is 23.2 Å². The molecule has 0 amide bonds. The Labute approximate surface area is 125 Å². The van der Waals surface area contributed by atoms with E-state index >= 15 is 0 Å². The molecule has 3 rings (SSSR count). The molecule has 0 saturated heterocycles. The molecule has 0 atom stereocenters. The second kappa shape index (κ2) is 5.10. The monoisotopic (exact) mass is 315 g/mol. The number of primary sulfonamides is 1. The van der Waals surface area contributed by atoms with Crippen molar-refractivity contribution in [2.45, 2.75) is 4.90 Å². The fourth-order valence-corrected chi connectivity index (χ4v) is 2.46. The number of hydrogen-bond acceptors (Lipinski definition) is 6. The molecule has 0 aliphatic heterocycles. The SMILES string of the molecule is N#Cc1nnn(-c2ccc(S(N)(=O)=O)cc2)c1-c1ccco1. The lowest BCUT2D eigenvalue weighted by Gasteiger charge is -2.05. The first kappa shape index (κ1) is 14.0. The topological polar surface area (TPSA) is 128 Å². The van der Waals surface area contributed by atoms with E-state index in [4.69, 9.17) is 14.8 Å². The summed E-state index contributed by atoms with van der Waals surface area (Å²) < 4.78 is 29.2. The zero-order chi connectivity index (χ0) is 15.7. The van der Waals surface area contributed by atoms with E-state index in [1.165, 1.54) is 35.2 Å². The summed E-state index contributed by atoms with van der Waals surface area (Å²) in [6, 6.07) is 11.0. The van der Waals surface area contributed by atoms with Crippen molar-refractivity contribution >= 4 is 10.0 Å². The van der Waals surface area contributed by atoms with Crippen LogP contribution in [0.3, 0.4) is 0 Å². The van der Waals surface area contributed by atoms with Gasteiger partial charge in [0.1, 0.15) is 11.8 Å². The Hall–Kier alpha value is -2.96. The van der Waals surface area contributed by atoms with Crippen molar-refractivity contribution in [3.63, 3.8) is 0 Å². The van der Waals surface area contributed by atoms with Crippen LogP contribution in [-0.2, 0) is 10.0 Å². The molecule has 0 spiro atoms. The smallest absolute Gasteiger partial charge is 0.238 e. The highest BCUT2D eigenvalue weighted by Gasteiger charge is 2.18. The molecule has 0 aliphatic rings. The van der Waals surface area contributed by atoms with E-state index in [1.54, 1.807) is 12.1 Å². The maximum absolute atomic E-state index is 11.3. The number of rotatable bonds is 3. The van der Waals surface area contributed by atoms with Crippen molar-refractivity contribution < 1.29 is 12.8 Å². The van der Waals surface area contributed by atoms with E-state index in [0.717, 1.165) is 0 Å². The second-order valence-corrected chi connectivity index (χ2v) is 5.89. The standard InChI is InChI=1S/C13H9N5O3S/c14-8-11-13(12-2-1-7-21-12)18(17-16-11)9-3-5-10(6-4-9)22(15,19)20/h1-7H,(H2,15,19,20). The molecule has 9 heteroatoms. The summed E-state index contributed by atoms with van der Waals surface area (Å²) in [6.07, 6.45) is 1.47. The number of furan rings is 1. The minimum absolute atomic E-state index is 0.0172. The Morgan fingerprint density at radius 1 is 1.23 bits per heavy atom. The van der Waals surface area contributed by atoms with Crippen LogP contribution in [0.5, 0.6) is 0 Å². The molecule has 1 aromatic carbocycles.